The monoisotopic (exact) mass is 432 g/mol. The van der Waals surface area contributed by atoms with Gasteiger partial charge in [0.15, 0.2) is 6.61 Å². The summed E-state index contributed by atoms with van der Waals surface area (Å²) in [6.07, 6.45) is 0. The van der Waals surface area contributed by atoms with Crippen molar-refractivity contribution in [2.75, 3.05) is 13.7 Å². The van der Waals surface area contributed by atoms with Crippen LogP contribution < -0.4 is 10.1 Å². The molecule has 0 unspecified atom stereocenters. The molecule has 0 aliphatic carbocycles. The highest BCUT2D eigenvalue weighted by Crippen LogP contribution is 2.21. The van der Waals surface area contributed by atoms with Gasteiger partial charge in [-0.15, -0.1) is 0 Å². The molecule has 2 aromatic rings. The van der Waals surface area contributed by atoms with Gasteiger partial charge in [-0.1, -0.05) is 45.8 Å². The van der Waals surface area contributed by atoms with Crippen LogP contribution in [0.2, 0.25) is 0 Å². The third-order valence-corrected chi connectivity index (χ3v) is 5.27. The van der Waals surface area contributed by atoms with E-state index in [4.69, 9.17) is 4.74 Å². The van der Waals surface area contributed by atoms with Crippen LogP contribution in [0, 0.1) is 13.8 Å². The van der Waals surface area contributed by atoms with Gasteiger partial charge in [0.25, 0.3) is 5.91 Å². The third kappa shape index (κ3) is 5.82. The van der Waals surface area contributed by atoms with Gasteiger partial charge in [0.1, 0.15) is 11.8 Å². The molecule has 27 heavy (non-hydrogen) atoms. The van der Waals surface area contributed by atoms with E-state index in [1.807, 2.05) is 50.2 Å². The van der Waals surface area contributed by atoms with E-state index in [1.54, 1.807) is 20.0 Å². The van der Waals surface area contributed by atoms with Crippen molar-refractivity contribution >= 4 is 27.7 Å². The first-order valence-corrected chi connectivity index (χ1v) is 9.56. The van der Waals surface area contributed by atoms with E-state index in [-0.39, 0.29) is 18.4 Å². The number of hydrogen-bond donors (Lipinski definition) is 1. The van der Waals surface area contributed by atoms with E-state index in [0.29, 0.717) is 12.3 Å². The van der Waals surface area contributed by atoms with E-state index in [2.05, 4.69) is 21.2 Å². The summed E-state index contributed by atoms with van der Waals surface area (Å²) >= 11 is 3.44. The average molecular weight is 433 g/mol. The van der Waals surface area contributed by atoms with Crippen LogP contribution in [0.3, 0.4) is 0 Å². The SMILES string of the molecule is CNC(=O)[C@H](C)N(Cc1ccc(C)cc1)C(=O)COc1ccc(Br)c(C)c1. The number of rotatable bonds is 7. The summed E-state index contributed by atoms with van der Waals surface area (Å²) in [7, 11) is 1.56. The Morgan fingerprint density at radius 2 is 1.81 bits per heavy atom. The molecule has 5 nitrogen and oxygen atoms in total. The number of hydrogen-bond acceptors (Lipinski definition) is 3. The van der Waals surface area contributed by atoms with Crippen molar-refractivity contribution in [1.82, 2.24) is 10.2 Å². The zero-order chi connectivity index (χ0) is 20.0. The van der Waals surface area contributed by atoms with Crippen molar-refractivity contribution < 1.29 is 14.3 Å². The molecule has 0 aromatic heterocycles. The summed E-state index contributed by atoms with van der Waals surface area (Å²) in [5.74, 6) is 0.161. The Morgan fingerprint density at radius 1 is 1.15 bits per heavy atom. The standard InChI is InChI=1S/C21H25BrN2O3/c1-14-5-7-17(8-6-14)12-24(16(3)21(26)23-4)20(25)13-27-18-9-10-19(22)15(2)11-18/h5-11,16H,12-13H2,1-4H3,(H,23,26)/t16-/m0/s1. The molecule has 144 valence electrons. The molecule has 0 aliphatic rings. The lowest BCUT2D eigenvalue weighted by atomic mass is 10.1. The minimum Gasteiger partial charge on any atom is -0.484 e. The quantitative estimate of drug-likeness (QED) is 0.726. The number of nitrogens with one attached hydrogen (secondary N) is 1. The van der Waals surface area contributed by atoms with Crippen LogP contribution in [0.15, 0.2) is 46.9 Å². The number of carbonyl (C=O) groups excluding carboxylic acids is 2. The Labute approximate surface area is 168 Å². The maximum absolute atomic E-state index is 12.8. The lowest BCUT2D eigenvalue weighted by molar-refractivity contribution is -0.142. The van der Waals surface area contributed by atoms with Gasteiger partial charge in [-0.05, 0) is 50.1 Å². The number of nitrogens with zero attached hydrogens (tertiary/aromatic N) is 1. The first kappa shape index (κ1) is 21.0. The molecule has 6 heteroatoms. The number of carbonyl (C=O) groups is 2. The van der Waals surface area contributed by atoms with Crippen molar-refractivity contribution in [2.24, 2.45) is 0 Å². The van der Waals surface area contributed by atoms with Gasteiger partial charge in [0.2, 0.25) is 5.91 Å². The zero-order valence-electron chi connectivity index (χ0n) is 16.1. The van der Waals surface area contributed by atoms with Crippen LogP contribution in [-0.2, 0) is 16.1 Å². The Balaban J connectivity index is 2.12. The minimum absolute atomic E-state index is 0.131. The molecule has 0 saturated carbocycles. The summed E-state index contributed by atoms with van der Waals surface area (Å²) < 4.78 is 6.64. The van der Waals surface area contributed by atoms with Crippen LogP contribution in [-0.4, -0.2) is 36.4 Å². The number of amides is 2. The summed E-state index contributed by atoms with van der Waals surface area (Å²) in [6.45, 7) is 5.89. The Bertz CT molecular complexity index is 806. The van der Waals surface area contributed by atoms with Gasteiger partial charge >= 0.3 is 0 Å². The number of halogens is 1. The van der Waals surface area contributed by atoms with E-state index >= 15 is 0 Å². The third-order valence-electron chi connectivity index (χ3n) is 4.38. The second-order valence-corrected chi connectivity index (χ2v) is 7.35. The highest BCUT2D eigenvalue weighted by molar-refractivity contribution is 9.10. The van der Waals surface area contributed by atoms with Crippen molar-refractivity contribution in [3.05, 3.63) is 63.6 Å². The fourth-order valence-electron chi connectivity index (χ4n) is 2.62. The summed E-state index contributed by atoms with van der Waals surface area (Å²) in [4.78, 5) is 26.5. The van der Waals surface area contributed by atoms with Gasteiger partial charge in [0, 0.05) is 18.1 Å². The Hall–Kier alpha value is -2.34. The van der Waals surface area contributed by atoms with Crippen LogP contribution in [0.1, 0.15) is 23.6 Å². The second-order valence-electron chi connectivity index (χ2n) is 6.50. The smallest absolute Gasteiger partial charge is 0.261 e. The lowest BCUT2D eigenvalue weighted by Crippen LogP contribution is -2.48. The largest absolute Gasteiger partial charge is 0.484 e. The molecule has 0 radical (unpaired) electrons. The molecule has 0 heterocycles. The summed E-state index contributed by atoms with van der Waals surface area (Å²) in [5, 5.41) is 2.60. The molecule has 0 aliphatic heterocycles. The molecule has 1 atom stereocenters. The zero-order valence-corrected chi connectivity index (χ0v) is 17.7. The van der Waals surface area contributed by atoms with Crippen LogP contribution >= 0.6 is 15.9 Å². The topological polar surface area (TPSA) is 58.6 Å². The van der Waals surface area contributed by atoms with Gasteiger partial charge in [-0.25, -0.2) is 0 Å². The van der Waals surface area contributed by atoms with Crippen LogP contribution in [0.4, 0.5) is 0 Å². The van der Waals surface area contributed by atoms with Gasteiger partial charge in [-0.2, -0.15) is 0 Å². The number of likely N-dealkylation sites (N-methyl/N-ethyl adjacent to an activating group) is 1. The maximum Gasteiger partial charge on any atom is 0.261 e. The highest BCUT2D eigenvalue weighted by atomic mass is 79.9. The summed E-state index contributed by atoms with van der Waals surface area (Å²) in [5.41, 5.74) is 3.13. The van der Waals surface area contributed by atoms with Crippen molar-refractivity contribution in [3.8, 4) is 5.75 Å². The fraction of sp³-hybridized carbons (Fsp3) is 0.333. The van der Waals surface area contributed by atoms with Crippen molar-refractivity contribution in [3.63, 3.8) is 0 Å². The van der Waals surface area contributed by atoms with E-state index in [1.165, 1.54) is 4.90 Å². The van der Waals surface area contributed by atoms with Gasteiger partial charge in [-0.3, -0.25) is 9.59 Å². The first-order valence-electron chi connectivity index (χ1n) is 8.77. The van der Waals surface area contributed by atoms with E-state index < -0.39 is 6.04 Å². The molecule has 0 bridgehead atoms. The Morgan fingerprint density at radius 3 is 2.41 bits per heavy atom. The first-order chi connectivity index (χ1) is 12.8. The molecular weight excluding hydrogens is 408 g/mol. The van der Waals surface area contributed by atoms with E-state index in [9.17, 15) is 9.59 Å². The van der Waals surface area contributed by atoms with Crippen molar-refractivity contribution in [1.29, 1.82) is 0 Å². The molecule has 0 spiro atoms. The molecule has 2 rings (SSSR count). The molecule has 2 amide bonds. The van der Waals surface area contributed by atoms with Gasteiger partial charge in [0.05, 0.1) is 0 Å². The molecule has 1 N–H and O–H groups in total. The molecule has 0 saturated heterocycles. The van der Waals surface area contributed by atoms with Crippen LogP contribution in [0.25, 0.3) is 0 Å². The normalized spacial score (nSPS) is 11.6. The van der Waals surface area contributed by atoms with Crippen LogP contribution in [0.5, 0.6) is 5.75 Å². The van der Waals surface area contributed by atoms with Gasteiger partial charge < -0.3 is 15.0 Å². The Kier molecular flexibility index (Phi) is 7.42. The number of ether oxygens (including phenoxy) is 1. The second kappa shape index (κ2) is 9.55. The minimum atomic E-state index is -0.598. The highest BCUT2D eigenvalue weighted by Gasteiger charge is 2.25. The molecular formula is C21H25BrN2O3. The lowest BCUT2D eigenvalue weighted by Gasteiger charge is -2.28. The van der Waals surface area contributed by atoms with Crippen molar-refractivity contribution in [2.45, 2.75) is 33.4 Å². The van der Waals surface area contributed by atoms with E-state index in [0.717, 1.165) is 21.2 Å². The molecule has 0 fully saturated rings. The summed E-state index contributed by atoms with van der Waals surface area (Å²) in [6, 6.07) is 12.9. The maximum atomic E-state index is 12.8. The predicted molar refractivity (Wildman–Crippen MR) is 110 cm³/mol. The molecule has 2 aromatic carbocycles. The average Bonchev–Trinajstić information content (AvgIpc) is 2.67. The predicted octanol–water partition coefficient (Wildman–Crippen LogP) is 3.61. The fourth-order valence-corrected chi connectivity index (χ4v) is 2.86. The number of benzene rings is 2. The number of aryl methyl sites for hydroxylation is 2.